The topological polar surface area (TPSA) is 29.5 Å². The predicted octanol–water partition coefficient (Wildman–Crippen LogP) is 2.75. The van der Waals surface area contributed by atoms with Crippen LogP contribution < -0.4 is 0 Å². The Morgan fingerprint density at radius 3 is 2.89 bits per heavy atom. The highest BCUT2D eigenvalue weighted by Crippen LogP contribution is 2.18. The second-order valence-corrected chi connectivity index (χ2v) is 5.52. The van der Waals surface area contributed by atoms with E-state index >= 15 is 0 Å². The van der Waals surface area contributed by atoms with Gasteiger partial charge in [-0.2, -0.15) is 0 Å². The van der Waals surface area contributed by atoms with Gasteiger partial charge in [0, 0.05) is 25.3 Å². The second kappa shape index (κ2) is 6.71. The van der Waals surface area contributed by atoms with Crippen molar-refractivity contribution in [2.75, 3.05) is 26.3 Å². The fourth-order valence-electron chi connectivity index (χ4n) is 2.39. The third-order valence-corrected chi connectivity index (χ3v) is 3.37. The number of fused-ring (bicyclic) bond motifs is 1. The van der Waals surface area contributed by atoms with Crippen LogP contribution in [0.3, 0.4) is 0 Å². The van der Waals surface area contributed by atoms with Gasteiger partial charge in [0.1, 0.15) is 0 Å². The van der Waals surface area contributed by atoms with Crippen molar-refractivity contribution in [1.29, 1.82) is 0 Å². The molecule has 1 aromatic rings. The second-order valence-electron chi connectivity index (χ2n) is 5.52. The van der Waals surface area contributed by atoms with Gasteiger partial charge in [-0.15, -0.1) is 0 Å². The normalized spacial score (nSPS) is 15.5. The van der Waals surface area contributed by atoms with Crippen LogP contribution in [0.5, 0.6) is 0 Å². The fourth-order valence-corrected chi connectivity index (χ4v) is 2.39. The minimum Gasteiger partial charge on any atom is -0.379 e. The van der Waals surface area contributed by atoms with Crippen LogP contribution in [0.4, 0.5) is 0 Å². The Balaban J connectivity index is 1.94. The molecule has 1 aliphatic heterocycles. The van der Waals surface area contributed by atoms with Gasteiger partial charge < -0.3 is 9.64 Å². The van der Waals surface area contributed by atoms with Gasteiger partial charge in [-0.05, 0) is 30.4 Å². The molecule has 0 spiro atoms. The number of ether oxygens (including phenoxy) is 1. The molecule has 19 heavy (non-hydrogen) atoms. The average Bonchev–Trinajstić information content (AvgIpc) is 2.55. The Morgan fingerprint density at radius 1 is 1.32 bits per heavy atom. The highest BCUT2D eigenvalue weighted by molar-refractivity contribution is 5.96. The van der Waals surface area contributed by atoms with Crippen LogP contribution in [0.1, 0.15) is 36.2 Å². The highest BCUT2D eigenvalue weighted by atomic mass is 16.5. The average molecular weight is 261 g/mol. The molecule has 0 fully saturated rings. The molecule has 1 aliphatic rings. The molecule has 0 N–H and O–H groups in total. The SMILES string of the molecule is CC(C)COCCN1CCCc2ccccc2C1=O. The van der Waals surface area contributed by atoms with Crippen LogP contribution >= 0.6 is 0 Å². The Bertz CT molecular complexity index is 429. The quantitative estimate of drug-likeness (QED) is 0.763. The number of nitrogens with zero attached hydrogens (tertiary/aromatic N) is 1. The van der Waals surface area contributed by atoms with Crippen LogP contribution in [0.25, 0.3) is 0 Å². The zero-order valence-electron chi connectivity index (χ0n) is 11.9. The molecule has 1 aromatic carbocycles. The van der Waals surface area contributed by atoms with E-state index in [1.807, 2.05) is 23.1 Å². The van der Waals surface area contributed by atoms with Crippen molar-refractivity contribution in [3.8, 4) is 0 Å². The van der Waals surface area contributed by atoms with E-state index in [9.17, 15) is 4.79 Å². The van der Waals surface area contributed by atoms with E-state index in [1.54, 1.807) is 0 Å². The lowest BCUT2D eigenvalue weighted by atomic mass is 10.0. The van der Waals surface area contributed by atoms with Crippen molar-refractivity contribution in [3.63, 3.8) is 0 Å². The van der Waals surface area contributed by atoms with Crippen molar-refractivity contribution in [2.45, 2.75) is 26.7 Å². The molecule has 0 saturated heterocycles. The summed E-state index contributed by atoms with van der Waals surface area (Å²) >= 11 is 0. The monoisotopic (exact) mass is 261 g/mol. The zero-order valence-corrected chi connectivity index (χ0v) is 11.9. The van der Waals surface area contributed by atoms with Crippen LogP contribution in [-0.2, 0) is 11.2 Å². The summed E-state index contributed by atoms with van der Waals surface area (Å²) in [6, 6.07) is 7.94. The Morgan fingerprint density at radius 2 is 2.11 bits per heavy atom. The van der Waals surface area contributed by atoms with Crippen molar-refractivity contribution in [1.82, 2.24) is 4.90 Å². The van der Waals surface area contributed by atoms with E-state index in [4.69, 9.17) is 4.74 Å². The molecule has 3 nitrogen and oxygen atoms in total. The van der Waals surface area contributed by atoms with Gasteiger partial charge in [-0.25, -0.2) is 0 Å². The third kappa shape index (κ3) is 3.80. The highest BCUT2D eigenvalue weighted by Gasteiger charge is 2.21. The number of rotatable bonds is 5. The molecular formula is C16H23NO2. The first-order valence-corrected chi connectivity index (χ1v) is 7.13. The summed E-state index contributed by atoms with van der Waals surface area (Å²) in [6.45, 7) is 7.18. The van der Waals surface area contributed by atoms with E-state index in [2.05, 4.69) is 19.9 Å². The first-order valence-electron chi connectivity index (χ1n) is 7.13. The molecule has 0 atom stereocenters. The van der Waals surface area contributed by atoms with Gasteiger partial charge >= 0.3 is 0 Å². The lowest BCUT2D eigenvalue weighted by Gasteiger charge is -2.21. The molecule has 0 unspecified atom stereocenters. The maximum absolute atomic E-state index is 12.4. The summed E-state index contributed by atoms with van der Waals surface area (Å²) in [4.78, 5) is 14.4. The molecule has 0 radical (unpaired) electrons. The molecule has 3 heteroatoms. The maximum Gasteiger partial charge on any atom is 0.254 e. The van der Waals surface area contributed by atoms with Crippen LogP contribution in [0.15, 0.2) is 24.3 Å². The summed E-state index contributed by atoms with van der Waals surface area (Å²) in [5.74, 6) is 0.696. The molecule has 1 amide bonds. The van der Waals surface area contributed by atoms with Crippen molar-refractivity contribution < 1.29 is 9.53 Å². The molecular weight excluding hydrogens is 238 g/mol. The fraction of sp³-hybridized carbons (Fsp3) is 0.562. The molecule has 0 aliphatic carbocycles. The van der Waals surface area contributed by atoms with Gasteiger partial charge in [0.25, 0.3) is 5.91 Å². The number of carbonyl (C=O) groups is 1. The molecule has 1 heterocycles. The van der Waals surface area contributed by atoms with E-state index in [-0.39, 0.29) is 5.91 Å². The van der Waals surface area contributed by atoms with Gasteiger partial charge in [0.15, 0.2) is 0 Å². The van der Waals surface area contributed by atoms with E-state index in [1.165, 1.54) is 5.56 Å². The van der Waals surface area contributed by atoms with Gasteiger partial charge in [0.2, 0.25) is 0 Å². The molecule has 2 rings (SSSR count). The van der Waals surface area contributed by atoms with Gasteiger partial charge in [-0.1, -0.05) is 32.0 Å². The largest absolute Gasteiger partial charge is 0.379 e. The number of hydrogen-bond donors (Lipinski definition) is 0. The summed E-state index contributed by atoms with van der Waals surface area (Å²) in [5, 5.41) is 0. The summed E-state index contributed by atoms with van der Waals surface area (Å²) in [5.41, 5.74) is 2.04. The van der Waals surface area contributed by atoms with Crippen molar-refractivity contribution in [3.05, 3.63) is 35.4 Å². The number of aryl methyl sites for hydroxylation is 1. The molecule has 0 bridgehead atoms. The first-order chi connectivity index (χ1) is 9.18. The molecule has 0 aromatic heterocycles. The number of benzene rings is 1. The van der Waals surface area contributed by atoms with Crippen LogP contribution in [-0.4, -0.2) is 37.1 Å². The standard InChI is InChI=1S/C16H23NO2/c1-13(2)12-19-11-10-17-9-5-7-14-6-3-4-8-15(14)16(17)18/h3-4,6,8,13H,5,7,9-12H2,1-2H3. The lowest BCUT2D eigenvalue weighted by Crippen LogP contribution is -2.34. The van der Waals surface area contributed by atoms with Crippen molar-refractivity contribution >= 4 is 5.91 Å². The minimum atomic E-state index is 0.154. The Hall–Kier alpha value is -1.35. The summed E-state index contributed by atoms with van der Waals surface area (Å²) < 4.78 is 5.58. The predicted molar refractivity (Wildman–Crippen MR) is 76.3 cm³/mol. The minimum absolute atomic E-state index is 0.154. The van der Waals surface area contributed by atoms with Gasteiger partial charge in [-0.3, -0.25) is 4.79 Å². The smallest absolute Gasteiger partial charge is 0.254 e. The van der Waals surface area contributed by atoms with E-state index < -0.39 is 0 Å². The Labute approximate surface area is 115 Å². The van der Waals surface area contributed by atoms with Crippen molar-refractivity contribution in [2.24, 2.45) is 5.92 Å². The maximum atomic E-state index is 12.4. The van der Waals surface area contributed by atoms with Gasteiger partial charge in [0.05, 0.1) is 6.61 Å². The lowest BCUT2D eigenvalue weighted by molar-refractivity contribution is 0.0606. The summed E-state index contributed by atoms with van der Waals surface area (Å²) in [7, 11) is 0. The summed E-state index contributed by atoms with van der Waals surface area (Å²) in [6.07, 6.45) is 2.03. The zero-order chi connectivity index (χ0) is 13.7. The number of carbonyl (C=O) groups excluding carboxylic acids is 1. The molecule has 0 saturated carbocycles. The van der Waals surface area contributed by atoms with Crippen LogP contribution in [0.2, 0.25) is 0 Å². The first kappa shape index (κ1) is 14.1. The number of amides is 1. The number of hydrogen-bond acceptors (Lipinski definition) is 2. The molecule has 104 valence electrons. The van der Waals surface area contributed by atoms with E-state index in [0.29, 0.717) is 19.1 Å². The van der Waals surface area contributed by atoms with E-state index in [0.717, 1.165) is 31.6 Å². The van der Waals surface area contributed by atoms with Crippen LogP contribution in [0, 0.1) is 5.92 Å². The third-order valence-electron chi connectivity index (χ3n) is 3.37. The Kier molecular flexibility index (Phi) is 4.97.